The molecule has 2 N–H and O–H groups in total. The molecule has 0 radical (unpaired) electrons. The molecule has 0 saturated carbocycles. The maximum atomic E-state index is 12.5. The van der Waals surface area contributed by atoms with Crippen LogP contribution in [0, 0.1) is 0 Å². The van der Waals surface area contributed by atoms with E-state index < -0.39 is 10.8 Å². The fourth-order valence-electron chi connectivity index (χ4n) is 2.23. The Bertz CT molecular complexity index is 704. The van der Waals surface area contributed by atoms with Gasteiger partial charge in [0.15, 0.2) is 0 Å². The van der Waals surface area contributed by atoms with Crippen LogP contribution in [0.3, 0.4) is 0 Å². The van der Waals surface area contributed by atoms with Gasteiger partial charge in [0, 0.05) is 50.5 Å². The van der Waals surface area contributed by atoms with E-state index in [-0.39, 0.29) is 5.91 Å². The highest BCUT2D eigenvalue weighted by atomic mass is 35.5. The highest BCUT2D eigenvalue weighted by Gasteiger charge is 2.25. The van der Waals surface area contributed by atoms with Gasteiger partial charge in [-0.1, -0.05) is 11.6 Å². The average Bonchev–Trinajstić information content (AvgIpc) is 2.75. The van der Waals surface area contributed by atoms with Crippen molar-refractivity contribution in [2.24, 2.45) is 0 Å². The van der Waals surface area contributed by atoms with Crippen LogP contribution >= 0.6 is 22.9 Å². The molecule has 2 heterocycles. The number of rotatable bonds is 1. The first-order chi connectivity index (χ1) is 9.56. The van der Waals surface area contributed by atoms with Gasteiger partial charge in [-0.25, -0.2) is 0 Å². The maximum Gasteiger partial charge on any atom is 0.266 e. The summed E-state index contributed by atoms with van der Waals surface area (Å²) in [6, 6.07) is 5.43. The zero-order valence-corrected chi connectivity index (χ0v) is 13.0. The maximum absolute atomic E-state index is 12.5. The predicted molar refractivity (Wildman–Crippen MR) is 85.0 cm³/mol. The van der Waals surface area contributed by atoms with Crippen LogP contribution < -0.4 is 5.73 Å². The van der Waals surface area contributed by atoms with Gasteiger partial charge in [0.2, 0.25) is 0 Å². The number of nitrogen functional groups attached to an aromatic ring is 1. The Labute approximate surface area is 128 Å². The summed E-state index contributed by atoms with van der Waals surface area (Å²) in [7, 11) is -0.796. The lowest BCUT2D eigenvalue weighted by Crippen LogP contribution is -2.41. The molecule has 4 nitrogen and oxygen atoms in total. The van der Waals surface area contributed by atoms with E-state index in [9.17, 15) is 9.00 Å². The molecule has 1 aliphatic heterocycles. The van der Waals surface area contributed by atoms with Gasteiger partial charge in [-0.3, -0.25) is 9.00 Å². The number of carbonyl (C=O) groups excluding carboxylic acids is 1. The minimum atomic E-state index is -0.796. The number of carbonyl (C=O) groups is 1. The third-order valence-corrected chi connectivity index (χ3v) is 6.02. The van der Waals surface area contributed by atoms with E-state index in [2.05, 4.69) is 0 Å². The Morgan fingerprint density at radius 3 is 2.75 bits per heavy atom. The van der Waals surface area contributed by atoms with Crippen molar-refractivity contribution in [3.63, 3.8) is 0 Å². The Morgan fingerprint density at radius 1 is 1.35 bits per heavy atom. The standard InChI is InChI=1S/C13H13ClN2O2S2/c14-8-1-2-9-10(7-8)19-12(11(9)15)13(17)16-3-5-20(18)6-4-16/h1-2,7H,3-6,15H2. The number of benzene rings is 1. The van der Waals surface area contributed by atoms with E-state index >= 15 is 0 Å². The van der Waals surface area contributed by atoms with Crippen molar-refractivity contribution in [1.29, 1.82) is 0 Å². The molecule has 20 heavy (non-hydrogen) atoms. The van der Waals surface area contributed by atoms with Gasteiger partial charge in [0.25, 0.3) is 5.91 Å². The Hall–Kier alpha value is -1.11. The number of hydrogen-bond donors (Lipinski definition) is 1. The van der Waals surface area contributed by atoms with Crippen molar-refractivity contribution in [1.82, 2.24) is 4.90 Å². The lowest BCUT2D eigenvalue weighted by atomic mass is 10.2. The number of thiophene rings is 1. The summed E-state index contributed by atoms with van der Waals surface area (Å²) in [6.07, 6.45) is 0. The quantitative estimate of drug-likeness (QED) is 0.874. The highest BCUT2D eigenvalue weighted by Crippen LogP contribution is 2.36. The van der Waals surface area contributed by atoms with Crippen LogP contribution in [0.5, 0.6) is 0 Å². The molecule has 1 aliphatic rings. The molecule has 7 heteroatoms. The van der Waals surface area contributed by atoms with Gasteiger partial charge in [0.05, 0.1) is 5.69 Å². The Morgan fingerprint density at radius 2 is 2.05 bits per heavy atom. The number of nitrogens with two attached hydrogens (primary N) is 1. The smallest absolute Gasteiger partial charge is 0.266 e. The fourth-order valence-corrected chi connectivity index (χ4v) is 4.65. The van der Waals surface area contributed by atoms with Gasteiger partial charge < -0.3 is 10.6 Å². The average molecular weight is 329 g/mol. The fraction of sp³-hybridized carbons (Fsp3) is 0.308. The van der Waals surface area contributed by atoms with E-state index in [1.54, 1.807) is 11.0 Å². The number of fused-ring (bicyclic) bond motifs is 1. The van der Waals surface area contributed by atoms with Gasteiger partial charge in [0.1, 0.15) is 4.88 Å². The van der Waals surface area contributed by atoms with Crippen LogP contribution in [0.1, 0.15) is 9.67 Å². The molecule has 1 fully saturated rings. The van der Waals surface area contributed by atoms with Gasteiger partial charge in [-0.15, -0.1) is 11.3 Å². The second kappa shape index (κ2) is 5.35. The third kappa shape index (κ3) is 2.43. The van der Waals surface area contributed by atoms with Crippen LogP contribution in [-0.4, -0.2) is 39.6 Å². The minimum Gasteiger partial charge on any atom is -0.397 e. The summed E-state index contributed by atoms with van der Waals surface area (Å²) in [5.74, 6) is 1.02. The lowest BCUT2D eigenvalue weighted by Gasteiger charge is -2.25. The number of nitrogens with zero attached hydrogens (tertiary/aromatic N) is 1. The number of hydrogen-bond acceptors (Lipinski definition) is 4. The molecule has 3 rings (SSSR count). The number of amides is 1. The van der Waals surface area contributed by atoms with E-state index in [1.165, 1.54) is 11.3 Å². The minimum absolute atomic E-state index is 0.0727. The van der Waals surface area contributed by atoms with Crippen LogP contribution in [0.2, 0.25) is 5.02 Å². The highest BCUT2D eigenvalue weighted by molar-refractivity contribution is 7.85. The molecule has 1 saturated heterocycles. The molecular weight excluding hydrogens is 316 g/mol. The molecule has 2 aromatic rings. The normalized spacial score (nSPS) is 16.8. The van der Waals surface area contributed by atoms with Crippen molar-refractivity contribution < 1.29 is 9.00 Å². The molecule has 1 aromatic carbocycles. The zero-order chi connectivity index (χ0) is 14.3. The lowest BCUT2D eigenvalue weighted by molar-refractivity contribution is 0.0777. The van der Waals surface area contributed by atoms with Crippen molar-refractivity contribution >= 4 is 55.4 Å². The molecular formula is C13H13ClN2O2S2. The van der Waals surface area contributed by atoms with Crippen molar-refractivity contribution in [2.45, 2.75) is 0 Å². The van der Waals surface area contributed by atoms with Crippen LogP contribution in [0.4, 0.5) is 5.69 Å². The van der Waals surface area contributed by atoms with Crippen LogP contribution in [0.15, 0.2) is 18.2 Å². The molecule has 1 amide bonds. The second-order valence-electron chi connectivity index (χ2n) is 4.63. The SMILES string of the molecule is Nc1c(C(=O)N2CCS(=O)CC2)sc2cc(Cl)ccc12. The first kappa shape index (κ1) is 13.9. The number of anilines is 1. The molecule has 0 spiro atoms. The molecule has 0 unspecified atom stereocenters. The van der Waals surface area contributed by atoms with E-state index in [1.807, 2.05) is 12.1 Å². The molecule has 0 atom stereocenters. The monoisotopic (exact) mass is 328 g/mol. The topological polar surface area (TPSA) is 63.4 Å². The van der Waals surface area contributed by atoms with Gasteiger partial charge >= 0.3 is 0 Å². The Balaban J connectivity index is 1.95. The van der Waals surface area contributed by atoms with Crippen molar-refractivity contribution in [3.05, 3.63) is 28.1 Å². The molecule has 106 valence electrons. The molecule has 0 aliphatic carbocycles. The second-order valence-corrected chi connectivity index (χ2v) is 7.81. The third-order valence-electron chi connectivity index (χ3n) is 3.35. The largest absolute Gasteiger partial charge is 0.397 e. The van der Waals surface area contributed by atoms with Gasteiger partial charge in [-0.05, 0) is 18.2 Å². The van der Waals surface area contributed by atoms with Crippen molar-refractivity contribution in [2.75, 3.05) is 30.3 Å². The summed E-state index contributed by atoms with van der Waals surface area (Å²) in [6.45, 7) is 1.06. The molecule has 0 bridgehead atoms. The van der Waals surface area contributed by atoms with E-state index in [0.29, 0.717) is 40.2 Å². The summed E-state index contributed by atoms with van der Waals surface area (Å²) >= 11 is 7.33. The summed E-state index contributed by atoms with van der Waals surface area (Å²) < 4.78 is 12.3. The van der Waals surface area contributed by atoms with E-state index in [0.717, 1.165) is 10.1 Å². The summed E-state index contributed by atoms with van der Waals surface area (Å²) in [4.78, 5) is 14.8. The summed E-state index contributed by atoms with van der Waals surface area (Å²) in [5.41, 5.74) is 6.60. The van der Waals surface area contributed by atoms with Crippen LogP contribution in [-0.2, 0) is 10.8 Å². The van der Waals surface area contributed by atoms with Crippen LogP contribution in [0.25, 0.3) is 10.1 Å². The van der Waals surface area contributed by atoms with Crippen molar-refractivity contribution in [3.8, 4) is 0 Å². The van der Waals surface area contributed by atoms with E-state index in [4.69, 9.17) is 17.3 Å². The first-order valence-corrected chi connectivity index (χ1v) is 8.86. The summed E-state index contributed by atoms with van der Waals surface area (Å²) in [5, 5.41) is 1.49. The molecule has 1 aromatic heterocycles. The first-order valence-electron chi connectivity index (χ1n) is 6.18. The number of halogens is 1. The Kier molecular flexibility index (Phi) is 3.70. The zero-order valence-electron chi connectivity index (χ0n) is 10.6. The predicted octanol–water partition coefficient (Wildman–Crippen LogP) is 2.34. The van der Waals surface area contributed by atoms with Gasteiger partial charge in [-0.2, -0.15) is 0 Å².